The van der Waals surface area contributed by atoms with Gasteiger partial charge in [-0.05, 0) is 60.4 Å². The maximum absolute atomic E-state index is 14.5. The van der Waals surface area contributed by atoms with Crippen molar-refractivity contribution in [2.75, 3.05) is 24.5 Å². The summed E-state index contributed by atoms with van der Waals surface area (Å²) in [5.74, 6) is -1.02. The van der Waals surface area contributed by atoms with E-state index in [1.165, 1.54) is 36.3 Å². The van der Waals surface area contributed by atoms with E-state index in [4.69, 9.17) is 4.74 Å². The smallest absolute Gasteiger partial charge is 0.264 e. The highest BCUT2D eigenvalue weighted by molar-refractivity contribution is 7.92. The molecule has 0 spiro atoms. The van der Waals surface area contributed by atoms with Crippen LogP contribution >= 0.6 is 0 Å². The molecule has 4 rings (SSSR count). The highest BCUT2D eigenvalue weighted by Gasteiger charge is 2.35. The molecule has 0 saturated carbocycles. The first-order chi connectivity index (χ1) is 22.0. The predicted molar refractivity (Wildman–Crippen MR) is 177 cm³/mol. The second kappa shape index (κ2) is 15.5. The van der Waals surface area contributed by atoms with Gasteiger partial charge >= 0.3 is 0 Å². The van der Waals surface area contributed by atoms with Crippen molar-refractivity contribution in [2.45, 2.75) is 44.7 Å². The summed E-state index contributed by atoms with van der Waals surface area (Å²) in [6, 6.07) is 26.9. The molecule has 0 aromatic heterocycles. The molecule has 0 aliphatic carbocycles. The number of benzene rings is 4. The Kier molecular flexibility index (Phi) is 11.5. The van der Waals surface area contributed by atoms with E-state index >= 15 is 0 Å². The number of methoxy groups -OCH3 is 1. The van der Waals surface area contributed by atoms with E-state index in [9.17, 15) is 22.4 Å². The molecule has 10 heteroatoms. The van der Waals surface area contributed by atoms with Crippen LogP contribution in [0.3, 0.4) is 0 Å². The van der Waals surface area contributed by atoms with Gasteiger partial charge in [-0.2, -0.15) is 0 Å². The lowest BCUT2D eigenvalue weighted by Crippen LogP contribution is -2.53. The highest BCUT2D eigenvalue weighted by atomic mass is 32.2. The molecule has 46 heavy (non-hydrogen) atoms. The van der Waals surface area contributed by atoms with Gasteiger partial charge in [-0.3, -0.25) is 13.9 Å². The van der Waals surface area contributed by atoms with E-state index in [1.54, 1.807) is 48.5 Å². The molecule has 0 aliphatic heterocycles. The van der Waals surface area contributed by atoms with Crippen LogP contribution in [0.15, 0.2) is 108 Å². The molecule has 0 unspecified atom stereocenters. The largest absolute Gasteiger partial charge is 0.495 e. The molecule has 4 aromatic rings. The Hall–Kier alpha value is -4.70. The summed E-state index contributed by atoms with van der Waals surface area (Å²) in [6.07, 6.45) is 0.178. The number of carbonyl (C=O) groups excluding carboxylic acids is 2. The van der Waals surface area contributed by atoms with Crippen LogP contribution in [0.4, 0.5) is 10.1 Å². The topological polar surface area (TPSA) is 96.0 Å². The Morgan fingerprint density at radius 1 is 0.848 bits per heavy atom. The third-order valence-corrected chi connectivity index (χ3v) is 9.24. The molecule has 4 aromatic carbocycles. The van der Waals surface area contributed by atoms with Crippen molar-refractivity contribution in [3.63, 3.8) is 0 Å². The summed E-state index contributed by atoms with van der Waals surface area (Å²) in [5, 5.41) is 2.95. The lowest BCUT2D eigenvalue weighted by Gasteiger charge is -2.34. The quantitative estimate of drug-likeness (QED) is 0.189. The highest BCUT2D eigenvalue weighted by Crippen LogP contribution is 2.32. The predicted octanol–water partition coefficient (Wildman–Crippen LogP) is 5.75. The number of para-hydroxylation sites is 2. The standard InChI is InChI=1S/C36H40FN3O5S/c1-26(2)23-38-36(42)33(22-28-10-6-5-7-11-28)39(24-29-16-18-30(37)19-17-29)35(41)25-40(32-12-8-9-13-34(32)45-4)46(43,44)31-20-14-27(3)15-21-31/h5-21,26,33H,22-25H2,1-4H3,(H,38,42)/t33-/m0/s1. The van der Waals surface area contributed by atoms with Gasteiger partial charge < -0.3 is 15.0 Å². The number of sulfonamides is 1. The zero-order valence-corrected chi connectivity index (χ0v) is 27.3. The number of hydrogen-bond donors (Lipinski definition) is 1. The van der Waals surface area contributed by atoms with Gasteiger partial charge in [0, 0.05) is 19.5 Å². The minimum absolute atomic E-state index is 0.00240. The fourth-order valence-electron chi connectivity index (χ4n) is 4.95. The molecule has 2 amide bonds. The van der Waals surface area contributed by atoms with Crippen LogP contribution in [0.2, 0.25) is 0 Å². The number of carbonyl (C=O) groups is 2. The van der Waals surface area contributed by atoms with E-state index in [0.29, 0.717) is 12.1 Å². The maximum atomic E-state index is 14.5. The molecule has 8 nitrogen and oxygen atoms in total. The number of amides is 2. The summed E-state index contributed by atoms with van der Waals surface area (Å²) in [5.41, 5.74) is 2.44. The zero-order chi connectivity index (χ0) is 33.3. The van der Waals surface area contributed by atoms with Crippen molar-refractivity contribution in [3.05, 3.63) is 126 Å². The van der Waals surface area contributed by atoms with Crippen molar-refractivity contribution in [1.29, 1.82) is 0 Å². The summed E-state index contributed by atoms with van der Waals surface area (Å²) in [4.78, 5) is 29.7. The lowest BCUT2D eigenvalue weighted by molar-refractivity contribution is -0.140. The first kappa shape index (κ1) is 34.2. The number of halogens is 1. The molecule has 242 valence electrons. The van der Waals surface area contributed by atoms with Gasteiger partial charge in [-0.25, -0.2) is 12.8 Å². The number of nitrogens with zero attached hydrogens (tertiary/aromatic N) is 2. The van der Waals surface area contributed by atoms with Crippen molar-refractivity contribution >= 4 is 27.5 Å². The Morgan fingerprint density at radius 2 is 1.48 bits per heavy atom. The van der Waals surface area contributed by atoms with Crippen LogP contribution in [0.5, 0.6) is 5.75 Å². The van der Waals surface area contributed by atoms with Gasteiger partial charge in [0.05, 0.1) is 17.7 Å². The third kappa shape index (κ3) is 8.72. The Balaban J connectivity index is 1.82. The summed E-state index contributed by atoms with van der Waals surface area (Å²) >= 11 is 0. The summed E-state index contributed by atoms with van der Waals surface area (Å²) in [7, 11) is -2.86. The van der Waals surface area contributed by atoms with Gasteiger partial charge in [0.25, 0.3) is 10.0 Å². The van der Waals surface area contributed by atoms with Crippen LogP contribution in [0.25, 0.3) is 0 Å². The van der Waals surface area contributed by atoms with Crippen molar-refractivity contribution in [3.8, 4) is 5.75 Å². The molecule has 1 N–H and O–H groups in total. The number of ether oxygens (including phenoxy) is 1. The van der Waals surface area contributed by atoms with Crippen LogP contribution in [-0.4, -0.2) is 51.4 Å². The van der Waals surface area contributed by atoms with Crippen LogP contribution < -0.4 is 14.4 Å². The molecule has 0 saturated heterocycles. The second-order valence-corrected chi connectivity index (χ2v) is 13.4. The van der Waals surface area contributed by atoms with E-state index in [-0.39, 0.29) is 41.1 Å². The van der Waals surface area contributed by atoms with Gasteiger partial charge in [-0.1, -0.05) is 86.1 Å². The molecule has 0 radical (unpaired) electrons. The van der Waals surface area contributed by atoms with Crippen LogP contribution in [-0.2, 0) is 32.6 Å². The Morgan fingerprint density at radius 3 is 2.11 bits per heavy atom. The van der Waals surface area contributed by atoms with Gasteiger partial charge in [0.2, 0.25) is 11.8 Å². The molecular formula is C36H40FN3O5S. The van der Waals surface area contributed by atoms with E-state index in [0.717, 1.165) is 15.4 Å². The molecule has 0 fully saturated rings. The number of aryl methyl sites for hydroxylation is 1. The monoisotopic (exact) mass is 645 g/mol. The first-order valence-corrected chi connectivity index (χ1v) is 16.5. The third-order valence-electron chi connectivity index (χ3n) is 7.46. The normalized spacial score (nSPS) is 12.0. The maximum Gasteiger partial charge on any atom is 0.264 e. The first-order valence-electron chi connectivity index (χ1n) is 15.1. The average molecular weight is 646 g/mol. The zero-order valence-electron chi connectivity index (χ0n) is 26.5. The molecular weight excluding hydrogens is 605 g/mol. The number of nitrogens with one attached hydrogen (secondary N) is 1. The van der Waals surface area contributed by atoms with Crippen molar-refractivity contribution in [2.24, 2.45) is 5.92 Å². The van der Waals surface area contributed by atoms with Gasteiger partial charge in [0.1, 0.15) is 24.2 Å². The van der Waals surface area contributed by atoms with E-state index < -0.39 is 34.3 Å². The Labute approximate surface area is 270 Å². The molecule has 0 heterocycles. The SMILES string of the molecule is COc1ccccc1N(CC(=O)N(Cc1ccc(F)cc1)[C@@H](Cc1ccccc1)C(=O)NCC(C)C)S(=O)(=O)c1ccc(C)cc1. The lowest BCUT2D eigenvalue weighted by atomic mass is 10.0. The number of rotatable bonds is 14. The van der Waals surface area contributed by atoms with E-state index in [2.05, 4.69) is 5.32 Å². The number of anilines is 1. The molecule has 1 atom stereocenters. The summed E-state index contributed by atoms with van der Waals surface area (Å²) < 4.78 is 48.8. The minimum atomic E-state index is -4.28. The average Bonchev–Trinajstić information content (AvgIpc) is 3.05. The number of hydrogen-bond acceptors (Lipinski definition) is 5. The van der Waals surface area contributed by atoms with Crippen molar-refractivity contribution < 1.29 is 27.1 Å². The Bertz CT molecular complexity index is 1710. The van der Waals surface area contributed by atoms with Crippen LogP contribution in [0.1, 0.15) is 30.5 Å². The molecule has 0 aliphatic rings. The summed E-state index contributed by atoms with van der Waals surface area (Å²) in [6.45, 7) is 5.49. The fraction of sp³-hybridized carbons (Fsp3) is 0.278. The van der Waals surface area contributed by atoms with Gasteiger partial charge in [-0.15, -0.1) is 0 Å². The van der Waals surface area contributed by atoms with Crippen LogP contribution in [0, 0.1) is 18.7 Å². The fourth-order valence-corrected chi connectivity index (χ4v) is 6.37. The second-order valence-electron chi connectivity index (χ2n) is 11.5. The molecule has 0 bridgehead atoms. The minimum Gasteiger partial charge on any atom is -0.495 e. The van der Waals surface area contributed by atoms with Crippen molar-refractivity contribution in [1.82, 2.24) is 10.2 Å². The van der Waals surface area contributed by atoms with Gasteiger partial charge in [0.15, 0.2) is 0 Å². The van der Waals surface area contributed by atoms with E-state index in [1.807, 2.05) is 51.1 Å².